The highest BCUT2D eigenvalue weighted by Crippen LogP contribution is 2.21. The summed E-state index contributed by atoms with van der Waals surface area (Å²) in [6.45, 7) is 4.69. The van der Waals surface area contributed by atoms with E-state index in [1.54, 1.807) is 31.9 Å². The molecule has 0 heterocycles. The molecule has 0 amide bonds. The van der Waals surface area contributed by atoms with Gasteiger partial charge in [-0.05, 0) is 24.6 Å². The Morgan fingerprint density at radius 2 is 1.81 bits per heavy atom. The van der Waals surface area contributed by atoms with Crippen LogP contribution in [0.25, 0.3) is 0 Å². The van der Waals surface area contributed by atoms with E-state index in [4.69, 9.17) is 19.3 Å². The normalized spacial score (nSPS) is 10.8. The van der Waals surface area contributed by atoms with Crippen molar-refractivity contribution in [2.75, 3.05) is 45.9 Å². The first-order chi connectivity index (χ1) is 10.1. The van der Waals surface area contributed by atoms with Gasteiger partial charge in [-0.3, -0.25) is 0 Å². The fourth-order valence-corrected chi connectivity index (χ4v) is 2.41. The highest BCUT2D eigenvalue weighted by molar-refractivity contribution is 7.99. The molecule has 0 bridgehead atoms. The maximum absolute atomic E-state index is 11.0. The molecule has 118 valence electrons. The minimum atomic E-state index is -0.889. The number of carboxylic acid groups (broad SMARTS) is 1. The molecule has 1 aromatic carbocycles. The summed E-state index contributed by atoms with van der Waals surface area (Å²) in [6.07, 6.45) is 0. The second-order valence-electron chi connectivity index (χ2n) is 4.35. The van der Waals surface area contributed by atoms with Crippen LogP contribution in [0.5, 0.6) is 0 Å². The minimum Gasteiger partial charge on any atom is -0.478 e. The van der Waals surface area contributed by atoms with Crippen LogP contribution in [0.4, 0.5) is 0 Å². The van der Waals surface area contributed by atoms with Crippen molar-refractivity contribution in [1.82, 2.24) is 0 Å². The second kappa shape index (κ2) is 10.6. The van der Waals surface area contributed by atoms with Crippen molar-refractivity contribution < 1.29 is 24.1 Å². The SMILES string of the molecule is COCCOCCOCCSc1ccc(C)c(C(=O)O)c1. The lowest BCUT2D eigenvalue weighted by Gasteiger charge is -2.07. The molecule has 1 N–H and O–H groups in total. The number of thioether (sulfide) groups is 1. The van der Waals surface area contributed by atoms with Crippen LogP contribution in [0.1, 0.15) is 15.9 Å². The molecule has 0 atom stereocenters. The van der Waals surface area contributed by atoms with Crippen LogP contribution in [0.15, 0.2) is 23.1 Å². The molecule has 0 saturated heterocycles. The molecule has 5 nitrogen and oxygen atoms in total. The van der Waals surface area contributed by atoms with Crippen LogP contribution in [-0.4, -0.2) is 57.0 Å². The maximum atomic E-state index is 11.0. The summed E-state index contributed by atoms with van der Waals surface area (Å²) in [4.78, 5) is 12.0. The van der Waals surface area contributed by atoms with Crippen molar-refractivity contribution in [3.63, 3.8) is 0 Å². The zero-order valence-electron chi connectivity index (χ0n) is 12.5. The number of carbonyl (C=O) groups is 1. The number of carboxylic acids is 1. The van der Waals surface area contributed by atoms with Crippen LogP contribution in [0.3, 0.4) is 0 Å². The summed E-state index contributed by atoms with van der Waals surface area (Å²) >= 11 is 1.58. The number of hydrogen-bond acceptors (Lipinski definition) is 5. The zero-order chi connectivity index (χ0) is 15.5. The smallest absolute Gasteiger partial charge is 0.335 e. The number of aromatic carboxylic acids is 1. The molecule has 1 rings (SSSR count). The third-order valence-corrected chi connectivity index (χ3v) is 3.70. The van der Waals surface area contributed by atoms with Crippen molar-refractivity contribution in [2.24, 2.45) is 0 Å². The summed E-state index contributed by atoms with van der Waals surface area (Å²) in [5, 5.41) is 9.06. The third-order valence-electron chi connectivity index (χ3n) is 2.74. The van der Waals surface area contributed by atoms with Gasteiger partial charge in [-0.25, -0.2) is 4.79 Å². The van der Waals surface area contributed by atoms with Crippen LogP contribution in [0, 0.1) is 6.92 Å². The lowest BCUT2D eigenvalue weighted by Crippen LogP contribution is -2.09. The Morgan fingerprint density at radius 1 is 1.14 bits per heavy atom. The average Bonchev–Trinajstić information content (AvgIpc) is 2.47. The molecule has 0 saturated carbocycles. The fraction of sp³-hybridized carbons (Fsp3) is 0.533. The summed E-state index contributed by atoms with van der Waals surface area (Å²) in [6, 6.07) is 5.47. The fourth-order valence-electron chi connectivity index (χ4n) is 1.60. The molecule has 21 heavy (non-hydrogen) atoms. The Labute approximate surface area is 129 Å². The second-order valence-corrected chi connectivity index (χ2v) is 5.52. The van der Waals surface area contributed by atoms with Crippen LogP contribution in [0.2, 0.25) is 0 Å². The number of benzene rings is 1. The van der Waals surface area contributed by atoms with Crippen LogP contribution in [-0.2, 0) is 14.2 Å². The molecule has 0 spiro atoms. The van der Waals surface area contributed by atoms with Gasteiger partial charge in [-0.1, -0.05) is 6.07 Å². The summed E-state index contributed by atoms with van der Waals surface area (Å²) in [7, 11) is 1.64. The number of ether oxygens (including phenoxy) is 3. The van der Waals surface area contributed by atoms with Crippen molar-refractivity contribution in [2.45, 2.75) is 11.8 Å². The van der Waals surface area contributed by atoms with Gasteiger partial charge in [0.25, 0.3) is 0 Å². The molecule has 6 heteroatoms. The van der Waals surface area contributed by atoms with E-state index in [9.17, 15) is 4.79 Å². The van der Waals surface area contributed by atoms with E-state index in [0.717, 1.165) is 16.2 Å². The first-order valence-electron chi connectivity index (χ1n) is 6.76. The zero-order valence-corrected chi connectivity index (χ0v) is 13.3. The van der Waals surface area contributed by atoms with Crippen molar-refractivity contribution in [3.05, 3.63) is 29.3 Å². The summed E-state index contributed by atoms with van der Waals surface area (Å²) < 4.78 is 15.6. The first-order valence-corrected chi connectivity index (χ1v) is 7.75. The highest BCUT2D eigenvalue weighted by atomic mass is 32.2. The van der Waals surface area contributed by atoms with E-state index in [0.29, 0.717) is 38.6 Å². The largest absolute Gasteiger partial charge is 0.478 e. The van der Waals surface area contributed by atoms with E-state index < -0.39 is 5.97 Å². The highest BCUT2D eigenvalue weighted by Gasteiger charge is 2.07. The maximum Gasteiger partial charge on any atom is 0.335 e. The molecule has 0 fully saturated rings. The molecule has 0 radical (unpaired) electrons. The van der Waals surface area contributed by atoms with Gasteiger partial charge in [-0.2, -0.15) is 0 Å². The lowest BCUT2D eigenvalue weighted by atomic mass is 10.1. The molecule has 0 aliphatic rings. The van der Waals surface area contributed by atoms with E-state index in [1.807, 2.05) is 12.1 Å². The van der Waals surface area contributed by atoms with Gasteiger partial charge in [0.15, 0.2) is 0 Å². The number of hydrogen-bond donors (Lipinski definition) is 1. The molecular formula is C15H22O5S. The Kier molecular flexibility index (Phi) is 9.09. The van der Waals surface area contributed by atoms with Crippen LogP contribution >= 0.6 is 11.8 Å². The monoisotopic (exact) mass is 314 g/mol. The Balaban J connectivity index is 2.16. The van der Waals surface area contributed by atoms with Gasteiger partial charge in [0.2, 0.25) is 0 Å². The summed E-state index contributed by atoms with van der Waals surface area (Å²) in [5.41, 5.74) is 1.13. The van der Waals surface area contributed by atoms with E-state index in [1.165, 1.54) is 0 Å². The molecule has 0 unspecified atom stereocenters. The molecule has 0 aromatic heterocycles. The van der Waals surface area contributed by atoms with Gasteiger partial charge in [0, 0.05) is 17.8 Å². The molecular weight excluding hydrogens is 292 g/mol. The Morgan fingerprint density at radius 3 is 2.48 bits per heavy atom. The van der Waals surface area contributed by atoms with Gasteiger partial charge < -0.3 is 19.3 Å². The first kappa shape index (κ1) is 18.0. The van der Waals surface area contributed by atoms with Crippen molar-refractivity contribution >= 4 is 17.7 Å². The Hall–Kier alpha value is -1.08. The predicted octanol–water partition coefficient (Wildman–Crippen LogP) is 2.46. The van der Waals surface area contributed by atoms with E-state index in [2.05, 4.69) is 0 Å². The Bertz CT molecular complexity index is 436. The lowest BCUT2D eigenvalue weighted by molar-refractivity contribution is 0.0286. The topological polar surface area (TPSA) is 65.0 Å². The number of methoxy groups -OCH3 is 1. The van der Waals surface area contributed by atoms with Crippen molar-refractivity contribution in [1.29, 1.82) is 0 Å². The van der Waals surface area contributed by atoms with E-state index >= 15 is 0 Å². The average molecular weight is 314 g/mol. The van der Waals surface area contributed by atoms with Gasteiger partial charge in [-0.15, -0.1) is 11.8 Å². The quantitative estimate of drug-likeness (QED) is 0.500. The standard InChI is InChI=1S/C15H22O5S/c1-12-3-4-13(11-14(12)15(16)17)21-10-9-20-8-7-19-6-5-18-2/h3-4,11H,5-10H2,1-2H3,(H,16,17). The molecule has 0 aliphatic carbocycles. The number of aryl methyl sites for hydroxylation is 1. The van der Waals surface area contributed by atoms with Gasteiger partial charge in [0.1, 0.15) is 0 Å². The third kappa shape index (κ3) is 7.47. The molecule has 1 aromatic rings. The van der Waals surface area contributed by atoms with E-state index in [-0.39, 0.29) is 0 Å². The van der Waals surface area contributed by atoms with Gasteiger partial charge >= 0.3 is 5.97 Å². The summed E-state index contributed by atoms with van der Waals surface area (Å²) in [5.74, 6) is -0.111. The minimum absolute atomic E-state index is 0.354. The van der Waals surface area contributed by atoms with Crippen LogP contribution < -0.4 is 0 Å². The predicted molar refractivity (Wildman–Crippen MR) is 82.4 cm³/mol. The van der Waals surface area contributed by atoms with Crippen molar-refractivity contribution in [3.8, 4) is 0 Å². The number of rotatable bonds is 11. The molecule has 0 aliphatic heterocycles. The van der Waals surface area contributed by atoms with Gasteiger partial charge in [0.05, 0.1) is 38.6 Å².